The molecule has 2 rings (SSSR count). The molecule has 2 aromatic rings. The van der Waals surface area contributed by atoms with Gasteiger partial charge in [-0.25, -0.2) is 0 Å². The van der Waals surface area contributed by atoms with E-state index in [0.29, 0.717) is 5.56 Å². The van der Waals surface area contributed by atoms with Crippen molar-refractivity contribution >= 4 is 5.69 Å². The van der Waals surface area contributed by atoms with E-state index in [0.717, 1.165) is 5.56 Å². The molecule has 0 aliphatic carbocycles. The third kappa shape index (κ3) is 3.45. The Kier molecular flexibility index (Phi) is 4.67. The second-order valence-electron chi connectivity index (χ2n) is 5.01. The van der Waals surface area contributed by atoms with E-state index >= 15 is 0 Å². The number of rotatable bonds is 5. The van der Waals surface area contributed by atoms with Crippen LogP contribution in [0.2, 0.25) is 0 Å². The maximum Gasteiger partial charge on any atom is 0.269 e. The van der Waals surface area contributed by atoms with Crippen LogP contribution in [0.15, 0.2) is 54.6 Å². The topological polar surface area (TPSA) is 83.6 Å². The molecule has 0 saturated carbocycles. The summed E-state index contributed by atoms with van der Waals surface area (Å²) in [6.45, 7) is 1.74. The fourth-order valence-corrected chi connectivity index (χ4v) is 2.22. The van der Waals surface area contributed by atoms with Crippen molar-refractivity contribution in [3.05, 3.63) is 75.8 Å². The van der Waals surface area contributed by atoms with E-state index in [1.54, 1.807) is 19.1 Å². The molecule has 0 saturated heterocycles. The molecule has 0 aliphatic rings. The predicted molar refractivity (Wildman–Crippen MR) is 78.6 cm³/mol. The normalized spacial score (nSPS) is 15.2. The molecule has 0 spiro atoms. The fraction of sp³-hybridized carbons (Fsp3) is 0.250. The molecule has 0 fully saturated rings. The Bertz CT molecular complexity index is 597. The molecule has 0 heterocycles. The van der Waals surface area contributed by atoms with E-state index < -0.39 is 23.0 Å². The summed E-state index contributed by atoms with van der Waals surface area (Å²) in [6.07, 6.45) is -1.71. The van der Waals surface area contributed by atoms with Crippen LogP contribution < -0.4 is 0 Å². The molecule has 21 heavy (non-hydrogen) atoms. The summed E-state index contributed by atoms with van der Waals surface area (Å²) in [4.78, 5) is 10.1. The molecule has 2 N–H and O–H groups in total. The van der Waals surface area contributed by atoms with Gasteiger partial charge in [0, 0.05) is 18.1 Å². The number of non-ortho nitro benzene ring substituents is 1. The Morgan fingerprint density at radius 1 is 0.905 bits per heavy atom. The minimum atomic E-state index is -0.902. The van der Waals surface area contributed by atoms with Crippen molar-refractivity contribution < 1.29 is 15.1 Å². The molecule has 3 atom stereocenters. The van der Waals surface area contributed by atoms with Gasteiger partial charge in [-0.05, 0) is 23.3 Å². The maximum atomic E-state index is 10.6. The van der Waals surface area contributed by atoms with Crippen molar-refractivity contribution in [2.24, 2.45) is 5.92 Å². The first-order valence-corrected chi connectivity index (χ1v) is 6.66. The summed E-state index contributed by atoms with van der Waals surface area (Å²) in [5, 5.41) is 31.2. The van der Waals surface area contributed by atoms with Gasteiger partial charge in [-0.15, -0.1) is 0 Å². The third-order valence-electron chi connectivity index (χ3n) is 3.58. The summed E-state index contributed by atoms with van der Waals surface area (Å²) in [6, 6.07) is 14.8. The Morgan fingerprint density at radius 2 is 1.38 bits per heavy atom. The lowest BCUT2D eigenvalue weighted by Crippen LogP contribution is -2.17. The van der Waals surface area contributed by atoms with Crippen LogP contribution in [-0.2, 0) is 0 Å². The van der Waals surface area contributed by atoms with Gasteiger partial charge in [0.1, 0.15) is 0 Å². The number of nitrogens with zero attached hydrogens (tertiary/aromatic N) is 1. The van der Waals surface area contributed by atoms with Crippen LogP contribution in [0.1, 0.15) is 30.3 Å². The van der Waals surface area contributed by atoms with Gasteiger partial charge >= 0.3 is 0 Å². The molecule has 5 nitrogen and oxygen atoms in total. The molecular formula is C16H17NO4. The first kappa shape index (κ1) is 15.2. The third-order valence-corrected chi connectivity index (χ3v) is 3.58. The van der Waals surface area contributed by atoms with Crippen molar-refractivity contribution in [1.29, 1.82) is 0 Å². The molecule has 110 valence electrons. The minimum absolute atomic E-state index is 0.0257. The average molecular weight is 287 g/mol. The summed E-state index contributed by atoms with van der Waals surface area (Å²) in [5.41, 5.74) is 1.25. The van der Waals surface area contributed by atoms with Gasteiger partial charge in [0.2, 0.25) is 0 Å². The molecule has 0 radical (unpaired) electrons. The average Bonchev–Trinajstić information content (AvgIpc) is 2.53. The van der Waals surface area contributed by atoms with Gasteiger partial charge in [0.15, 0.2) is 0 Å². The van der Waals surface area contributed by atoms with Crippen LogP contribution in [0.5, 0.6) is 0 Å². The Hall–Kier alpha value is -2.24. The van der Waals surface area contributed by atoms with Crippen LogP contribution in [-0.4, -0.2) is 15.1 Å². The lowest BCUT2D eigenvalue weighted by atomic mass is 9.89. The monoisotopic (exact) mass is 287 g/mol. The van der Waals surface area contributed by atoms with E-state index in [1.807, 2.05) is 18.2 Å². The summed E-state index contributed by atoms with van der Waals surface area (Å²) < 4.78 is 0. The highest BCUT2D eigenvalue weighted by molar-refractivity contribution is 5.34. The first-order chi connectivity index (χ1) is 10.0. The van der Waals surface area contributed by atoms with Crippen molar-refractivity contribution in [1.82, 2.24) is 0 Å². The second kappa shape index (κ2) is 6.47. The van der Waals surface area contributed by atoms with Gasteiger partial charge in [-0.1, -0.05) is 37.3 Å². The van der Waals surface area contributed by atoms with Gasteiger partial charge in [0.25, 0.3) is 5.69 Å². The molecule has 5 heteroatoms. The van der Waals surface area contributed by atoms with Crippen molar-refractivity contribution in [3.63, 3.8) is 0 Å². The fourth-order valence-electron chi connectivity index (χ4n) is 2.22. The number of nitro benzene ring substituents is 1. The molecule has 0 aliphatic heterocycles. The highest BCUT2D eigenvalue weighted by Gasteiger charge is 2.25. The van der Waals surface area contributed by atoms with Crippen LogP contribution in [0.3, 0.4) is 0 Å². The molecule has 0 aromatic heterocycles. The van der Waals surface area contributed by atoms with Crippen LogP contribution in [0.25, 0.3) is 0 Å². The number of aliphatic hydroxyl groups is 2. The zero-order valence-corrected chi connectivity index (χ0v) is 11.6. The minimum Gasteiger partial charge on any atom is -0.388 e. The van der Waals surface area contributed by atoms with E-state index in [-0.39, 0.29) is 5.69 Å². The van der Waals surface area contributed by atoms with Crippen molar-refractivity contribution in [3.8, 4) is 0 Å². The van der Waals surface area contributed by atoms with Crippen LogP contribution in [0, 0.1) is 16.0 Å². The molecule has 0 unspecified atom stereocenters. The number of hydrogen-bond donors (Lipinski definition) is 2. The Balaban J connectivity index is 2.15. The van der Waals surface area contributed by atoms with E-state index in [2.05, 4.69) is 0 Å². The number of benzene rings is 2. The maximum absolute atomic E-state index is 10.6. The zero-order valence-electron chi connectivity index (χ0n) is 11.6. The smallest absolute Gasteiger partial charge is 0.269 e. The highest BCUT2D eigenvalue weighted by Crippen LogP contribution is 2.32. The van der Waals surface area contributed by atoms with Gasteiger partial charge in [-0.2, -0.15) is 0 Å². The Morgan fingerprint density at radius 3 is 1.86 bits per heavy atom. The SMILES string of the molecule is C[C@@H]([C@H](O)c1ccc([N+](=O)[O-])cc1)[C@@H](O)c1ccccc1. The summed E-state index contributed by atoms with van der Waals surface area (Å²) in [5.74, 6) is -0.436. The quantitative estimate of drug-likeness (QED) is 0.654. The number of aliphatic hydroxyl groups excluding tert-OH is 2. The predicted octanol–water partition coefficient (Wildman–Crippen LogP) is 3.00. The number of hydrogen-bond acceptors (Lipinski definition) is 4. The summed E-state index contributed by atoms with van der Waals surface area (Å²) >= 11 is 0. The standard InChI is InChI=1S/C16H17NO4/c1-11(15(18)12-5-3-2-4-6-12)16(19)13-7-9-14(10-8-13)17(20)21/h2-11,15-16,18-19H,1H3/t11-,15-,16+/m1/s1. The van der Waals surface area contributed by atoms with E-state index in [4.69, 9.17) is 0 Å². The highest BCUT2D eigenvalue weighted by atomic mass is 16.6. The van der Waals surface area contributed by atoms with E-state index in [9.17, 15) is 20.3 Å². The van der Waals surface area contributed by atoms with Gasteiger partial charge in [0.05, 0.1) is 17.1 Å². The lowest BCUT2D eigenvalue weighted by molar-refractivity contribution is -0.384. The van der Waals surface area contributed by atoms with Gasteiger partial charge < -0.3 is 10.2 Å². The van der Waals surface area contributed by atoms with E-state index in [1.165, 1.54) is 24.3 Å². The van der Waals surface area contributed by atoms with Crippen LogP contribution >= 0.6 is 0 Å². The summed E-state index contributed by atoms with van der Waals surface area (Å²) in [7, 11) is 0. The molecule has 0 amide bonds. The largest absolute Gasteiger partial charge is 0.388 e. The van der Waals surface area contributed by atoms with Crippen molar-refractivity contribution in [2.45, 2.75) is 19.1 Å². The molecular weight excluding hydrogens is 270 g/mol. The second-order valence-corrected chi connectivity index (χ2v) is 5.01. The lowest BCUT2D eigenvalue weighted by Gasteiger charge is -2.24. The first-order valence-electron chi connectivity index (χ1n) is 6.66. The van der Waals surface area contributed by atoms with Gasteiger partial charge in [-0.3, -0.25) is 10.1 Å². The molecule has 2 aromatic carbocycles. The Labute approximate surface area is 122 Å². The zero-order chi connectivity index (χ0) is 15.4. The number of nitro groups is 1. The molecule has 0 bridgehead atoms. The van der Waals surface area contributed by atoms with Crippen molar-refractivity contribution in [2.75, 3.05) is 0 Å². The van der Waals surface area contributed by atoms with Crippen LogP contribution in [0.4, 0.5) is 5.69 Å².